The number of aromatic nitrogens is 2. The number of thioether (sulfide) groups is 1. The normalized spacial score (nSPS) is 27.4. The van der Waals surface area contributed by atoms with Crippen LogP contribution in [-0.2, 0) is 0 Å². The van der Waals surface area contributed by atoms with Crippen molar-refractivity contribution in [2.75, 3.05) is 13.2 Å². The average molecular weight is 281 g/mol. The van der Waals surface area contributed by atoms with Crippen LogP contribution >= 0.6 is 11.8 Å². The van der Waals surface area contributed by atoms with Crippen molar-refractivity contribution in [1.29, 1.82) is 0 Å². The molecule has 1 aromatic rings. The largest absolute Gasteiger partial charge is 0.394 e. The van der Waals surface area contributed by atoms with Gasteiger partial charge in [-0.2, -0.15) is 0 Å². The quantitative estimate of drug-likeness (QED) is 0.810. The minimum absolute atomic E-state index is 0.102. The van der Waals surface area contributed by atoms with E-state index in [-0.39, 0.29) is 12.1 Å². The predicted molar refractivity (Wildman–Crippen MR) is 78.4 cm³/mol. The first-order chi connectivity index (χ1) is 9.17. The highest BCUT2D eigenvalue weighted by molar-refractivity contribution is 7.99. The molecule has 2 rings (SSSR count). The number of hydrogen-bond acceptors (Lipinski definition) is 5. The summed E-state index contributed by atoms with van der Waals surface area (Å²) in [6.07, 6.45) is 8.10. The van der Waals surface area contributed by atoms with E-state index in [1.807, 2.05) is 19.3 Å². The molecule has 5 heteroatoms. The highest BCUT2D eigenvalue weighted by Gasteiger charge is 2.35. The summed E-state index contributed by atoms with van der Waals surface area (Å²) in [7, 11) is 0. The van der Waals surface area contributed by atoms with Gasteiger partial charge in [-0.15, -0.1) is 0 Å². The highest BCUT2D eigenvalue weighted by Crippen LogP contribution is 2.36. The molecule has 1 saturated carbocycles. The lowest BCUT2D eigenvalue weighted by Crippen LogP contribution is -2.52. The Bertz CT molecular complexity index is 394. The summed E-state index contributed by atoms with van der Waals surface area (Å²) in [4.78, 5) is 8.72. The zero-order chi connectivity index (χ0) is 13.7. The van der Waals surface area contributed by atoms with Crippen LogP contribution in [0.2, 0.25) is 0 Å². The molecule has 0 amide bonds. The molecule has 1 fully saturated rings. The molecule has 1 heterocycles. The lowest BCUT2D eigenvalue weighted by atomic mass is 9.82. The van der Waals surface area contributed by atoms with Gasteiger partial charge in [0.2, 0.25) is 0 Å². The molecule has 0 radical (unpaired) electrons. The van der Waals surface area contributed by atoms with Crippen LogP contribution in [0.25, 0.3) is 0 Å². The van der Waals surface area contributed by atoms with Gasteiger partial charge in [0.05, 0.1) is 6.61 Å². The minimum atomic E-state index is -0.102. The minimum Gasteiger partial charge on any atom is -0.394 e. The molecule has 4 nitrogen and oxygen atoms in total. The molecular formula is C14H23N3OS. The molecule has 2 N–H and O–H groups in total. The smallest absolute Gasteiger partial charge is 0.187 e. The SMILES string of the molecule is CCNC1(CO)CCCC(Sc2ncc(C)cn2)C1. The molecule has 0 bridgehead atoms. The zero-order valence-electron chi connectivity index (χ0n) is 11.7. The fourth-order valence-corrected chi connectivity index (χ4v) is 3.95. The average Bonchev–Trinajstić information content (AvgIpc) is 2.42. The van der Waals surface area contributed by atoms with Gasteiger partial charge in [-0.05, 0) is 38.3 Å². The molecule has 0 spiro atoms. The molecule has 106 valence electrons. The van der Waals surface area contributed by atoms with Crippen LogP contribution in [-0.4, -0.2) is 39.0 Å². The maximum atomic E-state index is 9.69. The third-order valence-corrected chi connectivity index (χ3v) is 4.84. The summed E-state index contributed by atoms with van der Waals surface area (Å²) in [5.41, 5.74) is 0.986. The lowest BCUT2D eigenvalue weighted by molar-refractivity contribution is 0.125. The Morgan fingerprint density at radius 1 is 1.47 bits per heavy atom. The van der Waals surface area contributed by atoms with Crippen molar-refractivity contribution in [1.82, 2.24) is 15.3 Å². The number of likely N-dealkylation sites (N-methyl/N-ethyl adjacent to an activating group) is 1. The van der Waals surface area contributed by atoms with Gasteiger partial charge in [0.1, 0.15) is 0 Å². The maximum absolute atomic E-state index is 9.69. The molecule has 0 aromatic carbocycles. The molecule has 0 aliphatic heterocycles. The van der Waals surface area contributed by atoms with E-state index in [9.17, 15) is 5.11 Å². The Kier molecular flexibility index (Phi) is 5.19. The van der Waals surface area contributed by atoms with E-state index in [0.717, 1.165) is 36.5 Å². The van der Waals surface area contributed by atoms with Crippen molar-refractivity contribution < 1.29 is 5.11 Å². The van der Waals surface area contributed by atoms with E-state index >= 15 is 0 Å². The van der Waals surface area contributed by atoms with Crippen LogP contribution in [0.15, 0.2) is 17.6 Å². The van der Waals surface area contributed by atoms with Crippen molar-refractivity contribution in [2.24, 2.45) is 0 Å². The number of rotatable bonds is 5. The fraction of sp³-hybridized carbons (Fsp3) is 0.714. The first kappa shape index (κ1) is 14.8. The van der Waals surface area contributed by atoms with E-state index in [0.29, 0.717) is 5.25 Å². The second-order valence-electron chi connectivity index (χ2n) is 5.35. The van der Waals surface area contributed by atoms with Crippen LogP contribution in [0, 0.1) is 6.92 Å². The maximum Gasteiger partial charge on any atom is 0.187 e. The van der Waals surface area contributed by atoms with Crippen LogP contribution in [0.5, 0.6) is 0 Å². The van der Waals surface area contributed by atoms with Gasteiger partial charge in [-0.25, -0.2) is 9.97 Å². The summed E-state index contributed by atoms with van der Waals surface area (Å²) in [6.45, 7) is 5.21. The molecule has 0 saturated heterocycles. The summed E-state index contributed by atoms with van der Waals surface area (Å²) < 4.78 is 0. The van der Waals surface area contributed by atoms with Gasteiger partial charge in [-0.3, -0.25) is 0 Å². The summed E-state index contributed by atoms with van der Waals surface area (Å²) in [6, 6.07) is 0. The van der Waals surface area contributed by atoms with Gasteiger partial charge >= 0.3 is 0 Å². The fourth-order valence-electron chi connectivity index (χ4n) is 2.73. The monoisotopic (exact) mass is 281 g/mol. The van der Waals surface area contributed by atoms with Crippen molar-refractivity contribution in [3.05, 3.63) is 18.0 Å². The van der Waals surface area contributed by atoms with Crippen molar-refractivity contribution in [2.45, 2.75) is 55.5 Å². The van der Waals surface area contributed by atoms with Gasteiger partial charge < -0.3 is 10.4 Å². The topological polar surface area (TPSA) is 58.0 Å². The zero-order valence-corrected chi connectivity index (χ0v) is 12.5. The molecule has 2 unspecified atom stereocenters. The number of aryl methyl sites for hydroxylation is 1. The van der Waals surface area contributed by atoms with Crippen LogP contribution in [0.3, 0.4) is 0 Å². The Morgan fingerprint density at radius 2 is 2.21 bits per heavy atom. The Hall–Kier alpha value is -0.650. The van der Waals surface area contributed by atoms with Gasteiger partial charge in [-0.1, -0.05) is 25.1 Å². The van der Waals surface area contributed by atoms with Crippen molar-refractivity contribution in [3.8, 4) is 0 Å². The number of hydrogen-bond donors (Lipinski definition) is 2. The molecule has 19 heavy (non-hydrogen) atoms. The Balaban J connectivity index is 1.99. The van der Waals surface area contributed by atoms with Gasteiger partial charge in [0.15, 0.2) is 5.16 Å². The third kappa shape index (κ3) is 3.91. The number of aliphatic hydroxyl groups is 1. The van der Waals surface area contributed by atoms with Crippen LogP contribution < -0.4 is 5.32 Å². The van der Waals surface area contributed by atoms with Crippen LogP contribution in [0.4, 0.5) is 0 Å². The van der Waals surface area contributed by atoms with Gasteiger partial charge in [0.25, 0.3) is 0 Å². The first-order valence-corrected chi connectivity index (χ1v) is 7.86. The number of nitrogens with zero attached hydrogens (tertiary/aromatic N) is 2. The summed E-state index contributed by atoms with van der Waals surface area (Å²) in [5, 5.41) is 14.5. The number of aliphatic hydroxyl groups excluding tert-OH is 1. The molecule has 1 aliphatic carbocycles. The standard InChI is InChI=1S/C14H23N3OS/c1-3-17-14(10-18)6-4-5-12(7-14)19-13-15-8-11(2)9-16-13/h8-9,12,17-18H,3-7,10H2,1-2H3. The predicted octanol–water partition coefficient (Wildman–Crippen LogP) is 2.16. The molecule has 1 aliphatic rings. The molecule has 1 aromatic heterocycles. The van der Waals surface area contributed by atoms with E-state index < -0.39 is 0 Å². The Morgan fingerprint density at radius 3 is 2.84 bits per heavy atom. The highest BCUT2D eigenvalue weighted by atomic mass is 32.2. The summed E-state index contributed by atoms with van der Waals surface area (Å²) in [5.74, 6) is 0. The molecular weight excluding hydrogens is 258 g/mol. The van der Waals surface area contributed by atoms with Gasteiger partial charge in [0, 0.05) is 23.2 Å². The van der Waals surface area contributed by atoms with E-state index in [4.69, 9.17) is 0 Å². The molecule has 2 atom stereocenters. The van der Waals surface area contributed by atoms with Crippen molar-refractivity contribution >= 4 is 11.8 Å². The second-order valence-corrected chi connectivity index (χ2v) is 6.62. The van der Waals surface area contributed by atoms with E-state index in [1.54, 1.807) is 11.8 Å². The summed E-state index contributed by atoms with van der Waals surface area (Å²) >= 11 is 1.74. The van der Waals surface area contributed by atoms with Crippen LogP contribution in [0.1, 0.15) is 38.2 Å². The lowest BCUT2D eigenvalue weighted by Gasteiger charge is -2.40. The Labute approximate surface area is 119 Å². The first-order valence-electron chi connectivity index (χ1n) is 6.98. The number of nitrogens with one attached hydrogen (secondary N) is 1. The van der Waals surface area contributed by atoms with E-state index in [1.165, 1.54) is 6.42 Å². The second kappa shape index (κ2) is 6.68. The van der Waals surface area contributed by atoms with Crippen molar-refractivity contribution in [3.63, 3.8) is 0 Å². The third-order valence-electron chi connectivity index (χ3n) is 3.68. The van der Waals surface area contributed by atoms with E-state index in [2.05, 4.69) is 22.2 Å².